The predicted molar refractivity (Wildman–Crippen MR) is 130 cm³/mol. The van der Waals surface area contributed by atoms with Crippen molar-refractivity contribution in [1.82, 2.24) is 19.5 Å². The van der Waals surface area contributed by atoms with E-state index in [4.69, 9.17) is 9.47 Å². The Morgan fingerprint density at radius 2 is 2.03 bits per heavy atom. The Hall–Kier alpha value is -3.91. The van der Waals surface area contributed by atoms with Crippen molar-refractivity contribution in [1.29, 1.82) is 0 Å². The van der Waals surface area contributed by atoms with Crippen LogP contribution in [-0.4, -0.2) is 58.8 Å². The van der Waals surface area contributed by atoms with Crippen LogP contribution in [-0.2, 0) is 11.2 Å². The van der Waals surface area contributed by atoms with Gasteiger partial charge >= 0.3 is 0 Å². The first-order valence-electron chi connectivity index (χ1n) is 11.4. The lowest BCUT2D eigenvalue weighted by molar-refractivity contribution is 0.0738. The van der Waals surface area contributed by atoms with Crippen LogP contribution >= 0.6 is 0 Å². The van der Waals surface area contributed by atoms with Gasteiger partial charge < -0.3 is 19.7 Å². The van der Waals surface area contributed by atoms with Gasteiger partial charge in [-0.25, -0.2) is 9.50 Å². The number of rotatable bonds is 6. The fourth-order valence-electron chi connectivity index (χ4n) is 4.34. The highest BCUT2D eigenvalue weighted by Crippen LogP contribution is 2.24. The summed E-state index contributed by atoms with van der Waals surface area (Å²) < 4.78 is 13.0. The Bertz CT molecular complexity index is 1270. The molecule has 8 heteroatoms. The van der Waals surface area contributed by atoms with Gasteiger partial charge in [-0.05, 0) is 60.5 Å². The lowest BCUT2D eigenvalue weighted by Crippen LogP contribution is -2.36. The average molecular weight is 458 g/mol. The quantitative estimate of drug-likeness (QED) is 0.474. The molecule has 8 nitrogen and oxygen atoms in total. The molecule has 1 atom stereocenters. The third-order valence-corrected chi connectivity index (χ3v) is 6.05. The Labute approximate surface area is 198 Å². The van der Waals surface area contributed by atoms with E-state index < -0.39 is 0 Å². The van der Waals surface area contributed by atoms with E-state index in [9.17, 15) is 4.79 Å². The van der Waals surface area contributed by atoms with E-state index >= 15 is 0 Å². The number of aromatic nitrogens is 3. The van der Waals surface area contributed by atoms with Crippen molar-refractivity contribution in [2.75, 3.05) is 38.7 Å². The molecule has 1 fully saturated rings. The monoisotopic (exact) mass is 457 g/mol. The summed E-state index contributed by atoms with van der Waals surface area (Å²) in [6.45, 7) is 2.29. The number of carbonyl (C=O) groups is 1. The highest BCUT2D eigenvalue weighted by Gasteiger charge is 2.26. The van der Waals surface area contributed by atoms with Gasteiger partial charge in [0, 0.05) is 43.3 Å². The number of carbonyl (C=O) groups excluding carboxylic acids is 1. The fraction of sp³-hybridized carbons (Fsp3) is 0.269. The number of nitrogens with one attached hydrogen (secondary N) is 1. The Morgan fingerprint density at radius 3 is 2.88 bits per heavy atom. The highest BCUT2D eigenvalue weighted by atomic mass is 16.5. The summed E-state index contributed by atoms with van der Waals surface area (Å²) in [5, 5.41) is 7.60. The van der Waals surface area contributed by atoms with Gasteiger partial charge in [-0.15, -0.1) is 0 Å². The molecule has 3 aromatic heterocycles. The molecule has 0 aliphatic carbocycles. The second kappa shape index (κ2) is 9.93. The van der Waals surface area contributed by atoms with E-state index in [-0.39, 0.29) is 11.8 Å². The van der Waals surface area contributed by atoms with Crippen LogP contribution in [0.2, 0.25) is 0 Å². The number of hydrogen-bond acceptors (Lipinski definition) is 6. The molecule has 1 aromatic carbocycles. The Morgan fingerprint density at radius 1 is 1.15 bits per heavy atom. The first-order chi connectivity index (χ1) is 16.7. The third-order valence-electron chi connectivity index (χ3n) is 6.05. The number of methoxy groups -OCH3 is 1. The van der Waals surface area contributed by atoms with Crippen molar-refractivity contribution < 1.29 is 14.3 Å². The topological polar surface area (TPSA) is 81.0 Å². The van der Waals surface area contributed by atoms with Gasteiger partial charge in [0.05, 0.1) is 31.4 Å². The third kappa shape index (κ3) is 4.72. The zero-order chi connectivity index (χ0) is 23.3. The summed E-state index contributed by atoms with van der Waals surface area (Å²) in [5.74, 6) is 1.43. The van der Waals surface area contributed by atoms with Crippen LogP contribution in [0.5, 0.6) is 5.75 Å². The van der Waals surface area contributed by atoms with Gasteiger partial charge in [-0.1, -0.05) is 6.07 Å². The summed E-state index contributed by atoms with van der Waals surface area (Å²) in [5.41, 5.74) is 3.66. The second-order valence-corrected chi connectivity index (χ2v) is 8.34. The van der Waals surface area contributed by atoms with Crippen molar-refractivity contribution in [3.8, 4) is 5.75 Å². The fourth-order valence-corrected chi connectivity index (χ4v) is 4.34. The maximum absolute atomic E-state index is 13.6. The van der Waals surface area contributed by atoms with E-state index in [0.717, 1.165) is 23.4 Å². The van der Waals surface area contributed by atoms with Crippen LogP contribution in [0.3, 0.4) is 0 Å². The van der Waals surface area contributed by atoms with E-state index in [2.05, 4.69) is 21.5 Å². The van der Waals surface area contributed by atoms with Gasteiger partial charge in [-0.2, -0.15) is 5.10 Å². The number of nitrogens with zero attached hydrogens (tertiary/aromatic N) is 4. The molecule has 34 heavy (non-hydrogen) atoms. The molecule has 0 bridgehead atoms. The van der Waals surface area contributed by atoms with Gasteiger partial charge in [0.2, 0.25) is 0 Å². The number of hydrogen-bond donors (Lipinski definition) is 1. The molecule has 0 spiro atoms. The van der Waals surface area contributed by atoms with Gasteiger partial charge in [0.25, 0.3) is 5.91 Å². The number of benzene rings is 1. The van der Waals surface area contributed by atoms with Gasteiger partial charge in [0.1, 0.15) is 11.6 Å². The molecule has 0 unspecified atom stereocenters. The maximum Gasteiger partial charge on any atom is 0.257 e. The normalized spacial score (nSPS) is 16.3. The lowest BCUT2D eigenvalue weighted by atomic mass is 9.99. The summed E-state index contributed by atoms with van der Waals surface area (Å²) >= 11 is 0. The molecule has 4 aromatic rings. The number of anilines is 2. The van der Waals surface area contributed by atoms with E-state index in [0.29, 0.717) is 37.7 Å². The van der Waals surface area contributed by atoms with E-state index in [1.54, 1.807) is 25.6 Å². The average Bonchev–Trinajstić information content (AvgIpc) is 3.24. The van der Waals surface area contributed by atoms with Crippen LogP contribution in [0.15, 0.2) is 73.2 Å². The van der Waals surface area contributed by atoms with E-state index in [1.165, 1.54) is 5.56 Å². The zero-order valence-corrected chi connectivity index (χ0v) is 19.1. The molecule has 174 valence electrons. The van der Waals surface area contributed by atoms with Crippen molar-refractivity contribution in [3.05, 3.63) is 84.3 Å². The summed E-state index contributed by atoms with van der Waals surface area (Å²) in [7, 11) is 1.63. The minimum atomic E-state index is -0.0535. The smallest absolute Gasteiger partial charge is 0.257 e. The minimum Gasteiger partial charge on any atom is -0.497 e. The first kappa shape index (κ1) is 21.9. The molecule has 5 rings (SSSR count). The molecular formula is C26H27N5O3. The zero-order valence-electron chi connectivity index (χ0n) is 19.1. The molecule has 4 heterocycles. The molecule has 0 radical (unpaired) electrons. The van der Waals surface area contributed by atoms with Crippen LogP contribution in [0.1, 0.15) is 15.9 Å². The largest absolute Gasteiger partial charge is 0.497 e. The minimum absolute atomic E-state index is 0.0535. The van der Waals surface area contributed by atoms with Crippen LogP contribution < -0.4 is 10.1 Å². The van der Waals surface area contributed by atoms with Crippen molar-refractivity contribution in [2.24, 2.45) is 5.92 Å². The summed E-state index contributed by atoms with van der Waals surface area (Å²) in [6.07, 6.45) is 6.24. The Kier molecular flexibility index (Phi) is 6.40. The number of pyridine rings is 2. The molecule has 1 saturated heterocycles. The lowest BCUT2D eigenvalue weighted by Gasteiger charge is -2.25. The summed E-state index contributed by atoms with van der Waals surface area (Å²) in [6, 6.07) is 17.3. The van der Waals surface area contributed by atoms with E-state index in [1.807, 2.05) is 58.1 Å². The SMILES string of the molecule is COc1ccc(Nc2ncccc2C(=O)N2CCOC[C@@H](Cc3cccn4nccc34)C2)cc1. The molecular weight excluding hydrogens is 430 g/mol. The van der Waals surface area contributed by atoms with Gasteiger partial charge in [-0.3, -0.25) is 4.79 Å². The highest BCUT2D eigenvalue weighted by molar-refractivity contribution is 5.99. The van der Waals surface area contributed by atoms with Crippen LogP contribution in [0.4, 0.5) is 11.5 Å². The van der Waals surface area contributed by atoms with Gasteiger partial charge in [0.15, 0.2) is 0 Å². The maximum atomic E-state index is 13.6. The second-order valence-electron chi connectivity index (χ2n) is 8.34. The molecule has 1 aliphatic rings. The first-order valence-corrected chi connectivity index (χ1v) is 11.4. The number of fused-ring (bicyclic) bond motifs is 1. The Balaban J connectivity index is 1.34. The predicted octanol–water partition coefficient (Wildman–Crippen LogP) is 3.81. The van der Waals surface area contributed by atoms with Crippen molar-refractivity contribution in [3.63, 3.8) is 0 Å². The number of ether oxygens (including phenoxy) is 2. The standard InChI is InChI=1S/C26H27N5O3/c1-33-22-8-6-21(7-9-22)29-25-23(5-2-11-27-25)26(32)30-14-15-34-18-19(17-30)16-20-4-3-13-31-24(20)10-12-28-31/h2-13,19H,14-18H2,1H3,(H,27,29)/t19-/m0/s1. The van der Waals surface area contributed by atoms with Crippen molar-refractivity contribution >= 4 is 22.9 Å². The molecule has 1 aliphatic heterocycles. The van der Waals surface area contributed by atoms with Crippen LogP contribution in [0.25, 0.3) is 5.52 Å². The van der Waals surface area contributed by atoms with Crippen LogP contribution in [0, 0.1) is 5.92 Å². The summed E-state index contributed by atoms with van der Waals surface area (Å²) in [4.78, 5) is 19.9. The number of amides is 1. The molecule has 1 amide bonds. The molecule has 1 N–H and O–H groups in total. The van der Waals surface area contributed by atoms with Crippen molar-refractivity contribution in [2.45, 2.75) is 6.42 Å². The molecule has 0 saturated carbocycles.